The highest BCUT2D eigenvalue weighted by Gasteiger charge is 2.29. The second kappa shape index (κ2) is 9.18. The number of hydrogen-bond donors (Lipinski definition) is 1. The van der Waals surface area contributed by atoms with Gasteiger partial charge in [-0.25, -0.2) is 0 Å². The molecule has 1 N–H and O–H groups in total. The molecule has 0 spiro atoms. The van der Waals surface area contributed by atoms with E-state index in [2.05, 4.69) is 20.3 Å². The van der Waals surface area contributed by atoms with E-state index in [1.165, 1.54) is 0 Å². The number of nitrogens with zero attached hydrogens (tertiary/aromatic N) is 4. The van der Waals surface area contributed by atoms with Crippen LogP contribution in [0.25, 0.3) is 0 Å². The molecular formula is C19H23N5O3. The smallest absolute Gasteiger partial charge is 0.227 e. The first kappa shape index (κ1) is 18.9. The van der Waals surface area contributed by atoms with Crippen molar-refractivity contribution in [3.05, 3.63) is 53.9 Å². The monoisotopic (exact) mass is 369 g/mol. The Hall–Kier alpha value is -2.87. The number of morpholine rings is 1. The van der Waals surface area contributed by atoms with Gasteiger partial charge in [-0.05, 0) is 24.6 Å². The predicted octanol–water partition coefficient (Wildman–Crippen LogP) is 0.656. The average molecular weight is 369 g/mol. The van der Waals surface area contributed by atoms with Gasteiger partial charge in [0, 0.05) is 31.6 Å². The molecule has 2 amide bonds. The van der Waals surface area contributed by atoms with E-state index in [1.807, 2.05) is 19.1 Å². The van der Waals surface area contributed by atoms with E-state index < -0.39 is 0 Å². The molecule has 2 aromatic heterocycles. The van der Waals surface area contributed by atoms with E-state index in [0.717, 1.165) is 11.3 Å². The fourth-order valence-electron chi connectivity index (χ4n) is 2.92. The maximum absolute atomic E-state index is 12.7. The summed E-state index contributed by atoms with van der Waals surface area (Å²) in [5.74, 6) is -0.152. The number of carbonyl (C=O) groups is 2. The summed E-state index contributed by atoms with van der Waals surface area (Å²) in [7, 11) is 0. The van der Waals surface area contributed by atoms with Crippen LogP contribution in [0.2, 0.25) is 0 Å². The van der Waals surface area contributed by atoms with Gasteiger partial charge in [-0.1, -0.05) is 0 Å². The quantitative estimate of drug-likeness (QED) is 0.803. The van der Waals surface area contributed by atoms with Gasteiger partial charge in [-0.3, -0.25) is 24.5 Å². The second-order valence-electron chi connectivity index (χ2n) is 6.48. The summed E-state index contributed by atoms with van der Waals surface area (Å²) >= 11 is 0. The maximum atomic E-state index is 12.7. The normalized spacial score (nSPS) is 16.8. The highest BCUT2D eigenvalue weighted by Crippen LogP contribution is 2.13. The minimum atomic E-state index is -0.266. The van der Waals surface area contributed by atoms with E-state index in [-0.39, 0.29) is 24.3 Å². The summed E-state index contributed by atoms with van der Waals surface area (Å²) in [4.78, 5) is 39.1. The van der Waals surface area contributed by atoms with E-state index in [9.17, 15) is 9.59 Å². The highest BCUT2D eigenvalue weighted by molar-refractivity contribution is 5.81. The number of rotatable bonds is 6. The summed E-state index contributed by atoms with van der Waals surface area (Å²) < 4.78 is 5.48. The van der Waals surface area contributed by atoms with Crippen LogP contribution in [-0.2, 0) is 27.3 Å². The van der Waals surface area contributed by atoms with Crippen molar-refractivity contribution in [3.63, 3.8) is 0 Å². The molecule has 1 saturated heterocycles. The first-order chi connectivity index (χ1) is 13.1. The van der Waals surface area contributed by atoms with Crippen molar-refractivity contribution in [1.29, 1.82) is 0 Å². The summed E-state index contributed by atoms with van der Waals surface area (Å²) in [6.45, 7) is 3.50. The lowest BCUT2D eigenvalue weighted by atomic mass is 10.1. The molecule has 0 saturated carbocycles. The lowest BCUT2D eigenvalue weighted by Gasteiger charge is -2.35. The summed E-state index contributed by atoms with van der Waals surface area (Å²) in [6, 6.07) is 3.38. The van der Waals surface area contributed by atoms with Gasteiger partial charge in [0.1, 0.15) is 0 Å². The van der Waals surface area contributed by atoms with Crippen molar-refractivity contribution in [2.24, 2.45) is 0 Å². The first-order valence-corrected chi connectivity index (χ1v) is 8.92. The average Bonchev–Trinajstić information content (AvgIpc) is 2.69. The summed E-state index contributed by atoms with van der Waals surface area (Å²) in [5, 5.41) is 2.83. The number of nitrogens with one attached hydrogen (secondary N) is 1. The van der Waals surface area contributed by atoms with Gasteiger partial charge in [0.2, 0.25) is 11.8 Å². The zero-order valence-electron chi connectivity index (χ0n) is 15.3. The third-order valence-electron chi connectivity index (χ3n) is 4.37. The van der Waals surface area contributed by atoms with Crippen molar-refractivity contribution in [2.75, 3.05) is 19.8 Å². The fraction of sp³-hybridized carbons (Fsp3) is 0.421. The minimum absolute atomic E-state index is 0.00768. The van der Waals surface area contributed by atoms with Crippen LogP contribution in [0.5, 0.6) is 0 Å². The third kappa shape index (κ3) is 5.55. The van der Waals surface area contributed by atoms with Crippen LogP contribution in [0.3, 0.4) is 0 Å². The third-order valence-corrected chi connectivity index (χ3v) is 4.37. The Balaban J connectivity index is 1.54. The molecule has 0 aliphatic carbocycles. The number of amides is 2. The Bertz CT molecular complexity index is 767. The van der Waals surface area contributed by atoms with Crippen LogP contribution in [0.1, 0.15) is 23.4 Å². The van der Waals surface area contributed by atoms with E-state index in [1.54, 1.807) is 29.7 Å². The SMILES string of the molecule is Cc1cnc(CNC(=O)C[C@@H]2COCCN2C(=O)Cc2ccncc2)cn1. The second-order valence-corrected chi connectivity index (χ2v) is 6.48. The zero-order chi connectivity index (χ0) is 19.1. The summed E-state index contributed by atoms with van der Waals surface area (Å²) in [6.07, 6.45) is 7.13. The van der Waals surface area contributed by atoms with Gasteiger partial charge in [0.15, 0.2) is 0 Å². The van der Waals surface area contributed by atoms with Crippen molar-refractivity contribution >= 4 is 11.8 Å². The number of pyridine rings is 1. The van der Waals surface area contributed by atoms with Crippen LogP contribution in [0, 0.1) is 6.92 Å². The lowest BCUT2D eigenvalue weighted by molar-refractivity contribution is -0.141. The van der Waals surface area contributed by atoms with E-state index in [0.29, 0.717) is 38.4 Å². The van der Waals surface area contributed by atoms with Crippen LogP contribution in [0.4, 0.5) is 0 Å². The molecule has 0 radical (unpaired) electrons. The van der Waals surface area contributed by atoms with Gasteiger partial charge in [0.25, 0.3) is 0 Å². The Morgan fingerprint density at radius 1 is 1.26 bits per heavy atom. The molecule has 0 unspecified atom stereocenters. The molecule has 3 rings (SSSR count). The molecule has 8 nitrogen and oxygen atoms in total. The molecule has 2 aromatic rings. The van der Waals surface area contributed by atoms with Crippen LogP contribution in [0.15, 0.2) is 36.9 Å². The number of ether oxygens (including phenoxy) is 1. The predicted molar refractivity (Wildman–Crippen MR) is 97.5 cm³/mol. The standard InChI is InChI=1S/C19H23N5O3/c1-14-10-22-16(11-21-14)12-23-18(25)9-17-13-27-7-6-24(17)19(26)8-15-2-4-20-5-3-15/h2-5,10-11,17H,6-9,12-13H2,1H3,(H,23,25)/t17-/m1/s1. The van der Waals surface area contributed by atoms with Crippen molar-refractivity contribution < 1.29 is 14.3 Å². The van der Waals surface area contributed by atoms with Crippen molar-refractivity contribution in [1.82, 2.24) is 25.2 Å². The van der Waals surface area contributed by atoms with Crippen molar-refractivity contribution in [2.45, 2.75) is 32.4 Å². The highest BCUT2D eigenvalue weighted by atomic mass is 16.5. The number of aromatic nitrogens is 3. The van der Waals surface area contributed by atoms with Crippen LogP contribution < -0.4 is 5.32 Å². The topological polar surface area (TPSA) is 97.3 Å². The number of aryl methyl sites for hydroxylation is 1. The molecule has 1 atom stereocenters. The zero-order valence-corrected chi connectivity index (χ0v) is 15.3. The fourth-order valence-corrected chi connectivity index (χ4v) is 2.92. The molecular weight excluding hydrogens is 346 g/mol. The molecule has 1 aliphatic rings. The van der Waals surface area contributed by atoms with E-state index in [4.69, 9.17) is 4.74 Å². The molecule has 3 heterocycles. The first-order valence-electron chi connectivity index (χ1n) is 8.92. The van der Waals surface area contributed by atoms with Gasteiger partial charge in [-0.15, -0.1) is 0 Å². The maximum Gasteiger partial charge on any atom is 0.227 e. The molecule has 0 bridgehead atoms. The molecule has 1 aliphatic heterocycles. The van der Waals surface area contributed by atoms with Gasteiger partial charge < -0.3 is 15.0 Å². The summed E-state index contributed by atoms with van der Waals surface area (Å²) in [5.41, 5.74) is 2.43. The molecule has 27 heavy (non-hydrogen) atoms. The Morgan fingerprint density at radius 3 is 2.81 bits per heavy atom. The van der Waals surface area contributed by atoms with Crippen LogP contribution in [-0.4, -0.2) is 57.5 Å². The largest absolute Gasteiger partial charge is 0.377 e. The number of hydrogen-bond acceptors (Lipinski definition) is 6. The number of carbonyl (C=O) groups excluding carboxylic acids is 2. The minimum Gasteiger partial charge on any atom is -0.377 e. The Kier molecular flexibility index (Phi) is 6.43. The Labute approximate surface area is 158 Å². The van der Waals surface area contributed by atoms with Crippen LogP contribution >= 0.6 is 0 Å². The Morgan fingerprint density at radius 2 is 2.07 bits per heavy atom. The van der Waals surface area contributed by atoms with Crippen molar-refractivity contribution in [3.8, 4) is 0 Å². The molecule has 1 fully saturated rings. The molecule has 0 aromatic carbocycles. The van der Waals surface area contributed by atoms with E-state index >= 15 is 0 Å². The molecule has 142 valence electrons. The van der Waals surface area contributed by atoms with Gasteiger partial charge in [0.05, 0.1) is 49.8 Å². The van der Waals surface area contributed by atoms with Gasteiger partial charge in [-0.2, -0.15) is 0 Å². The molecule has 8 heteroatoms. The van der Waals surface area contributed by atoms with Gasteiger partial charge >= 0.3 is 0 Å². The lowest BCUT2D eigenvalue weighted by Crippen LogP contribution is -2.51.